The van der Waals surface area contributed by atoms with Gasteiger partial charge in [-0.25, -0.2) is 13.1 Å². The molecule has 1 atom stereocenters. The van der Waals surface area contributed by atoms with E-state index in [4.69, 9.17) is 0 Å². The summed E-state index contributed by atoms with van der Waals surface area (Å²) in [4.78, 5) is 14.9. The number of para-hydroxylation sites is 1. The summed E-state index contributed by atoms with van der Waals surface area (Å²) < 4.78 is 26.9. The summed E-state index contributed by atoms with van der Waals surface area (Å²) in [6.45, 7) is 5.64. The van der Waals surface area contributed by atoms with E-state index < -0.39 is 10.0 Å². The minimum Gasteiger partial charge on any atom is -0.309 e. The fraction of sp³-hybridized carbons (Fsp3) is 0.381. The minimum atomic E-state index is -3.49. The zero-order chi connectivity index (χ0) is 19.6. The Labute approximate surface area is 161 Å². The van der Waals surface area contributed by atoms with Crippen molar-refractivity contribution in [1.82, 2.24) is 4.72 Å². The van der Waals surface area contributed by atoms with Gasteiger partial charge in [0.1, 0.15) is 0 Å². The zero-order valence-electron chi connectivity index (χ0n) is 16.0. The third-order valence-corrected chi connectivity index (χ3v) is 6.40. The molecule has 1 aliphatic heterocycles. The molecule has 27 heavy (non-hydrogen) atoms. The van der Waals surface area contributed by atoms with E-state index >= 15 is 0 Å². The van der Waals surface area contributed by atoms with Crippen LogP contribution in [0.4, 0.5) is 5.69 Å². The molecule has 2 aromatic rings. The third-order valence-electron chi connectivity index (χ3n) is 4.73. The number of sulfonamides is 1. The van der Waals surface area contributed by atoms with Crippen molar-refractivity contribution in [3.8, 4) is 0 Å². The number of fused-ring (bicyclic) bond motifs is 1. The lowest BCUT2D eigenvalue weighted by molar-refractivity contribution is -0.118. The van der Waals surface area contributed by atoms with E-state index in [2.05, 4.69) is 17.7 Å². The van der Waals surface area contributed by atoms with E-state index in [0.717, 1.165) is 17.7 Å². The Balaban J connectivity index is 1.65. The summed E-state index contributed by atoms with van der Waals surface area (Å²) in [5, 5.41) is 0. The van der Waals surface area contributed by atoms with E-state index in [1.165, 1.54) is 5.56 Å². The van der Waals surface area contributed by atoms with Gasteiger partial charge in [-0.1, -0.05) is 30.3 Å². The van der Waals surface area contributed by atoms with Crippen LogP contribution in [0.3, 0.4) is 0 Å². The highest BCUT2D eigenvalue weighted by Gasteiger charge is 2.30. The molecule has 1 amide bonds. The molecular formula is C21H26N2O3S. The average molecular weight is 387 g/mol. The lowest BCUT2D eigenvalue weighted by atomic mass is 10.1. The van der Waals surface area contributed by atoms with Gasteiger partial charge in [-0.2, -0.15) is 0 Å². The predicted molar refractivity (Wildman–Crippen MR) is 107 cm³/mol. The molecule has 6 heteroatoms. The molecule has 1 N–H and O–H groups in total. The SMILES string of the molecule is CC(C)NS(=O)(=O)c1ccc(CCC(=O)N2c3ccccc3C[C@H]2C)cc1. The summed E-state index contributed by atoms with van der Waals surface area (Å²) in [7, 11) is -3.49. The molecule has 0 radical (unpaired) electrons. The molecular weight excluding hydrogens is 360 g/mol. The molecule has 1 aliphatic rings. The summed E-state index contributed by atoms with van der Waals surface area (Å²) in [5.74, 6) is 0.102. The van der Waals surface area contributed by atoms with Crippen LogP contribution in [0.1, 0.15) is 38.3 Å². The van der Waals surface area contributed by atoms with Crippen LogP contribution in [0.25, 0.3) is 0 Å². The van der Waals surface area contributed by atoms with E-state index in [9.17, 15) is 13.2 Å². The summed E-state index contributed by atoms with van der Waals surface area (Å²) >= 11 is 0. The van der Waals surface area contributed by atoms with Gasteiger partial charge in [-0.15, -0.1) is 0 Å². The van der Waals surface area contributed by atoms with Crippen molar-refractivity contribution in [2.24, 2.45) is 0 Å². The monoisotopic (exact) mass is 386 g/mol. The smallest absolute Gasteiger partial charge is 0.240 e. The third kappa shape index (κ3) is 4.39. The Hall–Kier alpha value is -2.18. The van der Waals surface area contributed by atoms with E-state index in [1.807, 2.05) is 23.1 Å². The second kappa shape index (κ2) is 7.82. The fourth-order valence-electron chi connectivity index (χ4n) is 3.53. The quantitative estimate of drug-likeness (QED) is 0.828. The van der Waals surface area contributed by atoms with Crippen molar-refractivity contribution in [1.29, 1.82) is 0 Å². The topological polar surface area (TPSA) is 66.5 Å². The Kier molecular flexibility index (Phi) is 5.67. The summed E-state index contributed by atoms with van der Waals surface area (Å²) in [6.07, 6.45) is 1.87. The van der Waals surface area contributed by atoms with Gasteiger partial charge in [0.15, 0.2) is 0 Å². The van der Waals surface area contributed by atoms with Crippen LogP contribution in [0.5, 0.6) is 0 Å². The number of hydrogen-bond acceptors (Lipinski definition) is 3. The van der Waals surface area contributed by atoms with Gasteiger partial charge in [-0.3, -0.25) is 4.79 Å². The number of hydrogen-bond donors (Lipinski definition) is 1. The van der Waals surface area contributed by atoms with Crippen molar-refractivity contribution in [2.75, 3.05) is 4.90 Å². The molecule has 1 heterocycles. The number of amides is 1. The number of benzene rings is 2. The molecule has 0 aromatic heterocycles. The van der Waals surface area contributed by atoms with Gasteiger partial charge in [-0.05, 0) is 62.9 Å². The standard InChI is InChI=1S/C21H26N2O3S/c1-15(2)22-27(25,26)19-11-8-17(9-12-19)10-13-21(24)23-16(3)14-18-6-4-5-7-20(18)23/h4-9,11-12,15-16,22H,10,13-14H2,1-3H3/t16-/m1/s1. The first-order chi connectivity index (χ1) is 12.8. The van der Waals surface area contributed by atoms with Gasteiger partial charge in [0, 0.05) is 24.2 Å². The van der Waals surface area contributed by atoms with Crippen LogP contribution in [0.2, 0.25) is 0 Å². The lowest BCUT2D eigenvalue weighted by Crippen LogP contribution is -2.35. The van der Waals surface area contributed by atoms with Gasteiger partial charge in [0.2, 0.25) is 15.9 Å². The molecule has 0 aliphatic carbocycles. The first kappa shape index (κ1) is 19.6. The number of nitrogens with zero attached hydrogens (tertiary/aromatic N) is 1. The highest BCUT2D eigenvalue weighted by atomic mass is 32.2. The van der Waals surface area contributed by atoms with Crippen LogP contribution >= 0.6 is 0 Å². The van der Waals surface area contributed by atoms with Crippen LogP contribution < -0.4 is 9.62 Å². The average Bonchev–Trinajstić information content (AvgIpc) is 2.94. The number of anilines is 1. The summed E-state index contributed by atoms with van der Waals surface area (Å²) in [6, 6.07) is 14.8. The van der Waals surface area contributed by atoms with E-state index in [-0.39, 0.29) is 22.9 Å². The van der Waals surface area contributed by atoms with E-state index in [1.54, 1.807) is 38.1 Å². The van der Waals surface area contributed by atoms with Crippen LogP contribution in [0, 0.1) is 0 Å². The van der Waals surface area contributed by atoms with Gasteiger partial charge >= 0.3 is 0 Å². The number of nitrogens with one attached hydrogen (secondary N) is 1. The van der Waals surface area contributed by atoms with Gasteiger partial charge < -0.3 is 4.90 Å². The molecule has 2 aromatic carbocycles. The fourth-order valence-corrected chi connectivity index (χ4v) is 4.78. The molecule has 3 rings (SSSR count). The first-order valence-corrected chi connectivity index (χ1v) is 10.8. The van der Waals surface area contributed by atoms with Gasteiger partial charge in [0.05, 0.1) is 4.90 Å². The van der Waals surface area contributed by atoms with Crippen molar-refractivity contribution < 1.29 is 13.2 Å². The number of rotatable bonds is 6. The molecule has 0 saturated heterocycles. The van der Waals surface area contributed by atoms with E-state index in [0.29, 0.717) is 12.8 Å². The van der Waals surface area contributed by atoms with Crippen LogP contribution in [0.15, 0.2) is 53.4 Å². The Morgan fingerprint density at radius 2 is 1.81 bits per heavy atom. The Bertz CT molecular complexity index is 921. The number of aryl methyl sites for hydroxylation is 1. The maximum atomic E-state index is 12.8. The van der Waals surface area contributed by atoms with Crippen molar-refractivity contribution in [3.63, 3.8) is 0 Å². The Morgan fingerprint density at radius 1 is 1.15 bits per heavy atom. The highest BCUT2D eigenvalue weighted by molar-refractivity contribution is 7.89. The highest BCUT2D eigenvalue weighted by Crippen LogP contribution is 2.32. The second-order valence-corrected chi connectivity index (χ2v) is 9.08. The van der Waals surface area contributed by atoms with Gasteiger partial charge in [0.25, 0.3) is 0 Å². The van der Waals surface area contributed by atoms with Crippen LogP contribution in [-0.4, -0.2) is 26.4 Å². The first-order valence-electron chi connectivity index (χ1n) is 9.29. The molecule has 0 spiro atoms. The largest absolute Gasteiger partial charge is 0.309 e. The number of carbonyl (C=O) groups excluding carboxylic acids is 1. The molecule has 0 unspecified atom stereocenters. The zero-order valence-corrected chi connectivity index (χ0v) is 16.8. The maximum absolute atomic E-state index is 12.8. The van der Waals surface area contributed by atoms with Crippen molar-refractivity contribution in [3.05, 3.63) is 59.7 Å². The molecule has 5 nitrogen and oxygen atoms in total. The van der Waals surface area contributed by atoms with Crippen LogP contribution in [-0.2, 0) is 27.7 Å². The normalized spacial score (nSPS) is 16.6. The molecule has 144 valence electrons. The number of carbonyl (C=O) groups is 1. The maximum Gasteiger partial charge on any atom is 0.240 e. The predicted octanol–water partition coefficient (Wildman–Crippen LogP) is 3.28. The molecule has 0 saturated carbocycles. The molecule has 0 fully saturated rings. The lowest BCUT2D eigenvalue weighted by Gasteiger charge is -2.22. The van der Waals surface area contributed by atoms with Crippen molar-refractivity contribution >= 4 is 21.6 Å². The summed E-state index contributed by atoms with van der Waals surface area (Å²) in [5.41, 5.74) is 3.17. The second-order valence-electron chi connectivity index (χ2n) is 7.37. The molecule has 0 bridgehead atoms. The Morgan fingerprint density at radius 3 is 2.48 bits per heavy atom. The van der Waals surface area contributed by atoms with Crippen molar-refractivity contribution in [2.45, 2.75) is 57.0 Å². The minimum absolute atomic E-state index is 0.102.